The van der Waals surface area contributed by atoms with E-state index in [2.05, 4.69) is 68.8 Å². The van der Waals surface area contributed by atoms with Crippen LogP contribution < -0.4 is 11.1 Å². The highest BCUT2D eigenvalue weighted by Gasteiger charge is 2.30. The van der Waals surface area contributed by atoms with Gasteiger partial charge in [-0.15, -0.1) is 0 Å². The zero-order chi connectivity index (χ0) is 28.9. The van der Waals surface area contributed by atoms with Crippen LogP contribution in [0.3, 0.4) is 0 Å². The van der Waals surface area contributed by atoms with Crippen molar-refractivity contribution in [2.75, 3.05) is 32.0 Å². The Bertz CT molecular complexity index is 1500. The van der Waals surface area contributed by atoms with Gasteiger partial charge >= 0.3 is 0 Å². The smallest absolute Gasteiger partial charge is 0.255 e. The number of anilines is 1. The second-order valence-electron chi connectivity index (χ2n) is 11.2. The zero-order valence-electron chi connectivity index (χ0n) is 24.0. The lowest BCUT2D eigenvalue weighted by Crippen LogP contribution is -2.41. The Morgan fingerprint density at radius 2 is 1.69 bits per heavy atom. The van der Waals surface area contributed by atoms with Gasteiger partial charge in [0, 0.05) is 50.2 Å². The summed E-state index contributed by atoms with van der Waals surface area (Å²) in [7, 11) is 1.85. The van der Waals surface area contributed by atoms with E-state index in [1.807, 2.05) is 13.2 Å². The van der Waals surface area contributed by atoms with Crippen molar-refractivity contribution in [3.8, 4) is 22.3 Å². The van der Waals surface area contributed by atoms with Crippen molar-refractivity contribution in [2.24, 2.45) is 7.05 Å². The number of pyridine rings is 1. The molecule has 1 saturated heterocycles. The fourth-order valence-electron chi connectivity index (χ4n) is 5.74. The SMILES string of the molecule is Cn1cc(-c2cnc(N)c(C(=O)N[C@H]3CCC[C@@H]3OCc3ccc(-c4ccc(CN5CCOCC5)cc4)cc3)c2)cn1. The molecule has 9 nitrogen and oxygen atoms in total. The maximum Gasteiger partial charge on any atom is 0.255 e. The van der Waals surface area contributed by atoms with Crippen LogP contribution in [0.2, 0.25) is 0 Å². The van der Waals surface area contributed by atoms with Gasteiger partial charge in [0.15, 0.2) is 0 Å². The Morgan fingerprint density at radius 3 is 2.38 bits per heavy atom. The number of hydrogen-bond donors (Lipinski definition) is 2. The van der Waals surface area contributed by atoms with Crippen molar-refractivity contribution in [3.05, 3.63) is 89.9 Å². The van der Waals surface area contributed by atoms with Crippen molar-refractivity contribution in [2.45, 2.75) is 44.6 Å². The van der Waals surface area contributed by atoms with Gasteiger partial charge in [-0.25, -0.2) is 4.98 Å². The van der Waals surface area contributed by atoms with Crippen molar-refractivity contribution in [3.63, 3.8) is 0 Å². The second-order valence-corrected chi connectivity index (χ2v) is 11.2. The van der Waals surface area contributed by atoms with Gasteiger partial charge in [-0.2, -0.15) is 5.10 Å². The molecular formula is C33H38N6O3. The molecule has 1 aliphatic heterocycles. The third-order valence-electron chi connectivity index (χ3n) is 8.19. The second kappa shape index (κ2) is 12.9. The van der Waals surface area contributed by atoms with Crippen molar-refractivity contribution in [1.82, 2.24) is 25.0 Å². The molecule has 1 amide bonds. The Kier molecular flexibility index (Phi) is 8.60. The summed E-state index contributed by atoms with van der Waals surface area (Å²) in [6.45, 7) is 5.08. The first kappa shape index (κ1) is 28.1. The summed E-state index contributed by atoms with van der Waals surface area (Å²) >= 11 is 0. The Balaban J connectivity index is 1.03. The normalized spacial score (nSPS) is 19.2. The highest BCUT2D eigenvalue weighted by Crippen LogP contribution is 2.27. The number of nitrogen functional groups attached to an aromatic ring is 1. The number of carbonyl (C=O) groups is 1. The predicted molar refractivity (Wildman–Crippen MR) is 163 cm³/mol. The molecule has 0 spiro atoms. The molecule has 1 saturated carbocycles. The van der Waals surface area contributed by atoms with Crippen LogP contribution in [0.25, 0.3) is 22.3 Å². The van der Waals surface area contributed by atoms with Crippen LogP contribution in [0, 0.1) is 0 Å². The maximum atomic E-state index is 13.2. The Hall–Kier alpha value is -4.05. The number of hydrogen-bond acceptors (Lipinski definition) is 7. The standard InChI is InChI=1S/C33H38N6O3/c1-38-21-28(19-36-38)27-17-29(32(34)35-18-27)33(40)37-30-3-2-4-31(30)42-22-24-7-11-26(12-8-24)25-9-5-23(6-10-25)20-39-13-15-41-16-14-39/h5-12,17-19,21,30-31H,2-4,13-16,20,22H2,1H3,(H2,34,35)(H,37,40)/t30-,31-/m0/s1. The van der Waals surface area contributed by atoms with Gasteiger partial charge in [0.05, 0.1) is 43.7 Å². The summed E-state index contributed by atoms with van der Waals surface area (Å²) < 4.78 is 13.5. The van der Waals surface area contributed by atoms with E-state index in [0.29, 0.717) is 12.2 Å². The first-order chi connectivity index (χ1) is 20.5. The molecule has 0 unspecified atom stereocenters. The molecule has 1 aliphatic carbocycles. The summed E-state index contributed by atoms with van der Waals surface area (Å²) in [5, 5.41) is 7.36. The minimum atomic E-state index is -0.230. The van der Waals surface area contributed by atoms with E-state index < -0.39 is 0 Å². The van der Waals surface area contributed by atoms with E-state index in [-0.39, 0.29) is 23.9 Å². The number of aromatic nitrogens is 3. The number of rotatable bonds is 9. The number of ether oxygens (including phenoxy) is 2. The summed E-state index contributed by atoms with van der Waals surface area (Å²) in [5.41, 5.74) is 13.0. The molecule has 9 heteroatoms. The molecule has 2 aliphatic rings. The predicted octanol–water partition coefficient (Wildman–Crippen LogP) is 4.43. The molecule has 2 aromatic carbocycles. The van der Waals surface area contributed by atoms with E-state index in [1.54, 1.807) is 23.1 Å². The van der Waals surface area contributed by atoms with Gasteiger partial charge in [0.25, 0.3) is 5.91 Å². The summed E-state index contributed by atoms with van der Waals surface area (Å²) in [5.74, 6) is -0.0195. The lowest BCUT2D eigenvalue weighted by Gasteiger charge is -2.26. The number of amides is 1. The molecule has 4 aromatic rings. The van der Waals surface area contributed by atoms with Crippen LogP contribution in [-0.4, -0.2) is 64.0 Å². The van der Waals surface area contributed by atoms with E-state index in [9.17, 15) is 4.79 Å². The van der Waals surface area contributed by atoms with Gasteiger partial charge in [-0.1, -0.05) is 48.5 Å². The summed E-state index contributed by atoms with van der Waals surface area (Å²) in [6.07, 6.45) is 8.01. The van der Waals surface area contributed by atoms with Gasteiger partial charge in [0.2, 0.25) is 0 Å². The minimum Gasteiger partial charge on any atom is -0.383 e. The molecule has 218 valence electrons. The third-order valence-corrected chi connectivity index (χ3v) is 8.19. The molecule has 0 radical (unpaired) electrons. The summed E-state index contributed by atoms with van der Waals surface area (Å²) in [4.78, 5) is 19.9. The molecule has 2 fully saturated rings. The quantitative estimate of drug-likeness (QED) is 0.309. The topological polar surface area (TPSA) is 108 Å². The molecular weight excluding hydrogens is 528 g/mol. The van der Waals surface area contributed by atoms with Gasteiger partial charge in [-0.05, 0) is 47.6 Å². The van der Waals surface area contributed by atoms with Crippen LogP contribution in [0.1, 0.15) is 40.7 Å². The number of benzene rings is 2. The van der Waals surface area contributed by atoms with Crippen molar-refractivity contribution < 1.29 is 14.3 Å². The lowest BCUT2D eigenvalue weighted by molar-refractivity contribution is 0.0272. The highest BCUT2D eigenvalue weighted by atomic mass is 16.5. The first-order valence-corrected chi connectivity index (χ1v) is 14.7. The average molecular weight is 567 g/mol. The number of nitrogens with two attached hydrogens (primary N) is 1. The largest absolute Gasteiger partial charge is 0.383 e. The van der Waals surface area contributed by atoms with E-state index in [4.69, 9.17) is 15.2 Å². The van der Waals surface area contributed by atoms with Gasteiger partial charge in [0.1, 0.15) is 5.82 Å². The van der Waals surface area contributed by atoms with E-state index in [1.165, 1.54) is 16.7 Å². The van der Waals surface area contributed by atoms with Crippen molar-refractivity contribution >= 4 is 11.7 Å². The van der Waals surface area contributed by atoms with Crippen molar-refractivity contribution in [1.29, 1.82) is 0 Å². The van der Waals surface area contributed by atoms with Crippen LogP contribution in [0.5, 0.6) is 0 Å². The summed E-state index contributed by atoms with van der Waals surface area (Å²) in [6, 6.07) is 19.1. The zero-order valence-corrected chi connectivity index (χ0v) is 24.0. The first-order valence-electron chi connectivity index (χ1n) is 14.7. The highest BCUT2D eigenvalue weighted by molar-refractivity contribution is 5.99. The molecule has 3 heterocycles. The number of nitrogens with zero attached hydrogens (tertiary/aromatic N) is 4. The van der Waals surface area contributed by atoms with Crippen LogP contribution in [-0.2, 0) is 29.7 Å². The maximum absolute atomic E-state index is 13.2. The molecule has 6 rings (SSSR count). The Morgan fingerprint density at radius 1 is 0.976 bits per heavy atom. The third kappa shape index (κ3) is 6.70. The average Bonchev–Trinajstić information content (AvgIpc) is 3.66. The monoisotopic (exact) mass is 566 g/mol. The van der Waals surface area contributed by atoms with Crippen LogP contribution in [0.15, 0.2) is 73.2 Å². The molecule has 0 bridgehead atoms. The van der Waals surface area contributed by atoms with Crippen LogP contribution >= 0.6 is 0 Å². The van der Waals surface area contributed by atoms with E-state index >= 15 is 0 Å². The van der Waals surface area contributed by atoms with Gasteiger partial charge in [-0.3, -0.25) is 14.4 Å². The molecule has 42 heavy (non-hydrogen) atoms. The molecule has 3 N–H and O–H groups in total. The molecule has 2 aromatic heterocycles. The van der Waals surface area contributed by atoms with Gasteiger partial charge < -0.3 is 20.5 Å². The fourth-order valence-corrected chi connectivity index (χ4v) is 5.74. The fraction of sp³-hybridized carbons (Fsp3) is 0.364. The number of morpholine rings is 1. The number of carbonyl (C=O) groups excluding carboxylic acids is 1. The Labute approximate surface area is 246 Å². The minimum absolute atomic E-state index is 0.0525. The van der Waals surface area contributed by atoms with E-state index in [0.717, 1.165) is 68.8 Å². The molecule has 2 atom stereocenters. The lowest BCUT2D eigenvalue weighted by atomic mass is 10.0. The number of nitrogens with one attached hydrogen (secondary N) is 1. The number of aryl methyl sites for hydroxylation is 1. The van der Waals surface area contributed by atoms with Crippen LogP contribution in [0.4, 0.5) is 5.82 Å².